The summed E-state index contributed by atoms with van der Waals surface area (Å²) in [5.74, 6) is -0.111. The van der Waals surface area contributed by atoms with Gasteiger partial charge in [-0.05, 0) is 51.4 Å². The molecule has 3 atom stereocenters. The molecular formula is C29H52N6O2. The Kier molecular flexibility index (Phi) is 12.7. The molecule has 0 spiro atoms. The van der Waals surface area contributed by atoms with Crippen LogP contribution in [0, 0.1) is 0 Å². The van der Waals surface area contributed by atoms with Crippen LogP contribution in [0.5, 0.6) is 0 Å². The maximum Gasteiger partial charge on any atom is 0.341 e. The minimum Gasteiger partial charge on any atom is -0.462 e. The molecule has 0 aromatic carbocycles. The minimum absolute atomic E-state index is 0.0291. The Hall–Kier alpha value is -2.09. The molecule has 2 saturated heterocycles. The van der Waals surface area contributed by atoms with E-state index < -0.39 is 0 Å². The van der Waals surface area contributed by atoms with Crippen molar-refractivity contribution in [3.05, 3.63) is 11.3 Å². The zero-order valence-electron chi connectivity index (χ0n) is 23.5. The quantitative estimate of drug-likeness (QED) is 0.101. The van der Waals surface area contributed by atoms with Gasteiger partial charge in [-0.15, -0.1) is 0 Å². The van der Waals surface area contributed by atoms with E-state index in [-0.39, 0.29) is 18.2 Å². The molecule has 2 fully saturated rings. The second-order valence-corrected chi connectivity index (χ2v) is 11.0. The average Bonchev–Trinajstić information content (AvgIpc) is 3.30. The molecule has 210 valence electrons. The number of nitrogens with two attached hydrogens (primary N) is 2. The van der Waals surface area contributed by atoms with Crippen molar-refractivity contribution in [1.82, 2.24) is 10.2 Å². The summed E-state index contributed by atoms with van der Waals surface area (Å²) < 4.78 is 5.74. The van der Waals surface area contributed by atoms with Gasteiger partial charge in [-0.2, -0.15) is 0 Å². The smallest absolute Gasteiger partial charge is 0.341 e. The zero-order valence-corrected chi connectivity index (χ0v) is 23.5. The second-order valence-electron chi connectivity index (χ2n) is 11.0. The summed E-state index contributed by atoms with van der Waals surface area (Å²) in [5, 5.41) is 3.84. The van der Waals surface area contributed by atoms with Crippen molar-refractivity contribution in [1.29, 1.82) is 0 Å². The molecule has 37 heavy (non-hydrogen) atoms. The molecule has 3 rings (SSSR count). The maximum atomic E-state index is 13.3. The number of nitrogens with one attached hydrogen (secondary N) is 1. The van der Waals surface area contributed by atoms with Crippen LogP contribution in [-0.4, -0.2) is 54.1 Å². The van der Waals surface area contributed by atoms with Crippen LogP contribution in [0.1, 0.15) is 123 Å². The molecule has 0 radical (unpaired) electrons. The number of hydrogen-bond donors (Lipinski definition) is 3. The van der Waals surface area contributed by atoms with Gasteiger partial charge in [-0.3, -0.25) is 10.3 Å². The molecule has 1 unspecified atom stereocenters. The summed E-state index contributed by atoms with van der Waals surface area (Å²) >= 11 is 0. The van der Waals surface area contributed by atoms with Crippen molar-refractivity contribution < 1.29 is 9.53 Å². The molecule has 0 aromatic rings. The number of allylic oxidation sites excluding steroid dienone is 1. The van der Waals surface area contributed by atoms with Gasteiger partial charge in [0, 0.05) is 24.3 Å². The number of nitrogens with zero attached hydrogens (tertiary/aromatic N) is 3. The molecule has 3 heterocycles. The van der Waals surface area contributed by atoms with Crippen LogP contribution < -0.4 is 16.8 Å². The molecule has 3 aliphatic rings. The van der Waals surface area contributed by atoms with E-state index in [4.69, 9.17) is 21.2 Å². The average molecular weight is 517 g/mol. The minimum atomic E-state index is -0.212. The molecular weight excluding hydrogens is 464 g/mol. The highest BCUT2D eigenvalue weighted by molar-refractivity contribution is 6.20. The standard InChI is InChI=1S/C29H52N6O2/c1-3-5-7-8-9-10-12-15-22-21-23-17-18-25-26(27(36)37-20-14-13-19-32-28(30)31)24(16-11-6-4-2)34-29(33-22)35(23)25/h22-23,29,33H,3-21H2,1-2H3,(H4,30,31,32)/t22-,23+,29?/m1/s1. The van der Waals surface area contributed by atoms with Crippen molar-refractivity contribution >= 4 is 17.6 Å². The van der Waals surface area contributed by atoms with Gasteiger partial charge >= 0.3 is 5.97 Å². The van der Waals surface area contributed by atoms with Gasteiger partial charge in [0.1, 0.15) is 0 Å². The maximum absolute atomic E-state index is 13.3. The first-order valence-corrected chi connectivity index (χ1v) is 15.1. The first-order valence-electron chi connectivity index (χ1n) is 15.1. The summed E-state index contributed by atoms with van der Waals surface area (Å²) in [6, 6.07) is 0.986. The van der Waals surface area contributed by atoms with Crippen molar-refractivity contribution in [2.24, 2.45) is 21.5 Å². The van der Waals surface area contributed by atoms with Gasteiger partial charge in [0.05, 0.1) is 17.9 Å². The van der Waals surface area contributed by atoms with Crippen molar-refractivity contribution in [2.45, 2.75) is 141 Å². The second kappa shape index (κ2) is 16.0. The molecule has 8 nitrogen and oxygen atoms in total. The molecule has 0 aliphatic carbocycles. The summed E-state index contributed by atoms with van der Waals surface area (Å²) in [6.07, 6.45) is 19.5. The Morgan fingerprint density at radius 2 is 1.76 bits per heavy atom. The van der Waals surface area contributed by atoms with Crippen LogP contribution in [0.3, 0.4) is 0 Å². The lowest BCUT2D eigenvalue weighted by molar-refractivity contribution is -0.138. The lowest BCUT2D eigenvalue weighted by Crippen LogP contribution is -2.58. The molecule has 8 heteroatoms. The van der Waals surface area contributed by atoms with E-state index in [0.717, 1.165) is 74.8 Å². The first-order chi connectivity index (χ1) is 18.0. The Morgan fingerprint density at radius 1 is 1.03 bits per heavy atom. The van der Waals surface area contributed by atoms with Crippen LogP contribution in [0.15, 0.2) is 21.3 Å². The fourth-order valence-corrected chi connectivity index (χ4v) is 5.97. The number of carbonyl (C=O) groups is 1. The highest BCUT2D eigenvalue weighted by Crippen LogP contribution is 2.41. The van der Waals surface area contributed by atoms with Gasteiger partial charge < -0.3 is 21.1 Å². The summed E-state index contributed by atoms with van der Waals surface area (Å²) in [6.45, 7) is 5.42. The van der Waals surface area contributed by atoms with E-state index in [1.54, 1.807) is 0 Å². The molecule has 0 saturated carbocycles. The highest BCUT2D eigenvalue weighted by atomic mass is 16.5. The monoisotopic (exact) mass is 516 g/mol. The fraction of sp³-hybridized carbons (Fsp3) is 0.828. The number of carbonyl (C=O) groups excluding carboxylic acids is 1. The van der Waals surface area contributed by atoms with Gasteiger partial charge in [0.25, 0.3) is 0 Å². The van der Waals surface area contributed by atoms with Crippen molar-refractivity contribution in [3.8, 4) is 0 Å². The third kappa shape index (κ3) is 9.01. The highest BCUT2D eigenvalue weighted by Gasteiger charge is 2.45. The first kappa shape index (κ1) is 29.5. The number of aliphatic imine (C=N–C) groups is 2. The third-order valence-electron chi connectivity index (χ3n) is 7.94. The number of hydrogen-bond acceptors (Lipinski definition) is 6. The van der Waals surface area contributed by atoms with E-state index in [0.29, 0.717) is 25.2 Å². The van der Waals surface area contributed by atoms with E-state index in [1.807, 2.05) is 0 Å². The summed E-state index contributed by atoms with van der Waals surface area (Å²) in [5.41, 5.74) is 13.6. The zero-order chi connectivity index (χ0) is 26.5. The number of esters is 1. The molecule has 0 amide bonds. The van der Waals surface area contributed by atoms with Crippen LogP contribution in [-0.2, 0) is 9.53 Å². The Bertz CT molecular complexity index is 804. The number of rotatable bonds is 18. The summed E-state index contributed by atoms with van der Waals surface area (Å²) in [4.78, 5) is 24.9. The van der Waals surface area contributed by atoms with Crippen LogP contribution in [0.25, 0.3) is 0 Å². The number of ether oxygens (including phenoxy) is 1. The van der Waals surface area contributed by atoms with Gasteiger partial charge in [0.15, 0.2) is 12.2 Å². The number of guanidine groups is 1. The topological polar surface area (TPSA) is 118 Å². The van der Waals surface area contributed by atoms with Gasteiger partial charge in [-0.25, -0.2) is 9.79 Å². The predicted octanol–water partition coefficient (Wildman–Crippen LogP) is 5.12. The summed E-state index contributed by atoms with van der Waals surface area (Å²) in [7, 11) is 0. The van der Waals surface area contributed by atoms with Gasteiger partial charge in [-0.1, -0.05) is 71.6 Å². The molecule has 3 aliphatic heterocycles. The predicted molar refractivity (Wildman–Crippen MR) is 152 cm³/mol. The molecule has 5 N–H and O–H groups in total. The van der Waals surface area contributed by atoms with Gasteiger partial charge in [0.2, 0.25) is 0 Å². The lowest BCUT2D eigenvalue weighted by atomic mass is 9.96. The van der Waals surface area contributed by atoms with Crippen molar-refractivity contribution in [3.63, 3.8) is 0 Å². The van der Waals surface area contributed by atoms with Crippen LogP contribution >= 0.6 is 0 Å². The van der Waals surface area contributed by atoms with E-state index in [1.165, 1.54) is 51.4 Å². The molecule has 0 aromatic heterocycles. The third-order valence-corrected chi connectivity index (χ3v) is 7.94. The normalized spacial score (nSPS) is 22.6. The SMILES string of the molecule is CCCCCCCCC[C@@H]1C[C@@H]2CCC3=C(C(=O)OCCCCN=C(N)N)C(CCCCC)=NC(N1)N32. The Labute approximate surface area is 224 Å². The van der Waals surface area contributed by atoms with Crippen LogP contribution in [0.2, 0.25) is 0 Å². The van der Waals surface area contributed by atoms with Crippen molar-refractivity contribution in [2.75, 3.05) is 13.2 Å². The Morgan fingerprint density at radius 3 is 2.51 bits per heavy atom. The fourth-order valence-electron chi connectivity index (χ4n) is 5.97. The van der Waals surface area contributed by atoms with E-state index in [9.17, 15) is 4.79 Å². The molecule has 0 bridgehead atoms. The Balaban J connectivity index is 1.58. The van der Waals surface area contributed by atoms with E-state index >= 15 is 0 Å². The lowest BCUT2D eigenvalue weighted by Gasteiger charge is -2.45. The van der Waals surface area contributed by atoms with E-state index in [2.05, 4.69) is 29.1 Å². The van der Waals surface area contributed by atoms with Crippen LogP contribution in [0.4, 0.5) is 0 Å². The number of unbranched alkanes of at least 4 members (excludes halogenated alkanes) is 9. The largest absolute Gasteiger partial charge is 0.462 e.